The van der Waals surface area contributed by atoms with Gasteiger partial charge in [-0.2, -0.15) is 4.98 Å². The lowest BCUT2D eigenvalue weighted by Crippen LogP contribution is -1.81. The van der Waals surface area contributed by atoms with E-state index in [-0.39, 0.29) is 11.2 Å². The van der Waals surface area contributed by atoms with Crippen LogP contribution >= 0.6 is 34.8 Å². The van der Waals surface area contributed by atoms with Crippen LogP contribution in [0.3, 0.4) is 0 Å². The van der Waals surface area contributed by atoms with Gasteiger partial charge in [0, 0.05) is 0 Å². The summed E-state index contributed by atoms with van der Waals surface area (Å²) in [6, 6.07) is 5.15. The Balaban J connectivity index is 2.26. The molecule has 0 N–H and O–H groups in total. The Morgan fingerprint density at radius 3 is 2.44 bits per heavy atom. The maximum absolute atomic E-state index is 6.08. The molecule has 3 rings (SSSR count). The molecule has 0 saturated carbocycles. The van der Waals surface area contributed by atoms with Crippen LogP contribution in [0.4, 0.5) is 0 Å². The fourth-order valence-corrected chi connectivity index (χ4v) is 2.21. The van der Waals surface area contributed by atoms with Crippen molar-refractivity contribution in [3.63, 3.8) is 0 Å². The van der Waals surface area contributed by atoms with Crippen molar-refractivity contribution in [3.8, 4) is 11.5 Å². The maximum Gasteiger partial charge on any atom is 0.251 e. The lowest BCUT2D eigenvalue weighted by atomic mass is 10.2. The van der Waals surface area contributed by atoms with E-state index in [0.717, 1.165) is 0 Å². The molecule has 0 spiro atoms. The first-order valence-electron chi connectivity index (χ1n) is 4.88. The molecule has 4 nitrogen and oxygen atoms in total. The summed E-state index contributed by atoms with van der Waals surface area (Å²) in [7, 11) is 0. The van der Waals surface area contributed by atoms with Crippen LogP contribution in [-0.4, -0.2) is 15.0 Å². The zero-order chi connectivity index (χ0) is 12.7. The van der Waals surface area contributed by atoms with Crippen molar-refractivity contribution in [2.24, 2.45) is 0 Å². The van der Waals surface area contributed by atoms with Gasteiger partial charge in [-0.25, -0.2) is 9.97 Å². The molecule has 0 fully saturated rings. The topological polar surface area (TPSA) is 51.8 Å². The summed E-state index contributed by atoms with van der Waals surface area (Å²) in [5.74, 6) is 0.289. The van der Waals surface area contributed by atoms with Crippen molar-refractivity contribution in [3.05, 3.63) is 39.7 Å². The number of oxazole rings is 1. The van der Waals surface area contributed by atoms with Gasteiger partial charge in [0.2, 0.25) is 11.2 Å². The third kappa shape index (κ3) is 1.92. The molecule has 18 heavy (non-hydrogen) atoms. The van der Waals surface area contributed by atoms with Crippen molar-refractivity contribution >= 4 is 46.0 Å². The van der Waals surface area contributed by atoms with E-state index in [0.29, 0.717) is 26.8 Å². The van der Waals surface area contributed by atoms with Gasteiger partial charge in [0.25, 0.3) is 5.71 Å². The van der Waals surface area contributed by atoms with Gasteiger partial charge in [-0.05, 0) is 23.7 Å². The molecule has 0 aliphatic rings. The van der Waals surface area contributed by atoms with Crippen LogP contribution < -0.4 is 0 Å². The van der Waals surface area contributed by atoms with Gasteiger partial charge in [0.1, 0.15) is 5.52 Å². The highest BCUT2D eigenvalue weighted by Gasteiger charge is 2.16. The quantitative estimate of drug-likeness (QED) is 0.631. The molecule has 90 valence electrons. The number of hydrogen-bond donors (Lipinski definition) is 0. The van der Waals surface area contributed by atoms with Crippen molar-refractivity contribution in [1.29, 1.82) is 0 Å². The number of hydrogen-bond acceptors (Lipinski definition) is 4. The Morgan fingerprint density at radius 1 is 1.00 bits per heavy atom. The largest absolute Gasteiger partial charge is 0.417 e. The van der Waals surface area contributed by atoms with Crippen molar-refractivity contribution < 1.29 is 4.42 Å². The molecule has 3 aromatic rings. The van der Waals surface area contributed by atoms with E-state index in [1.165, 1.54) is 6.20 Å². The molecule has 2 heterocycles. The first-order valence-corrected chi connectivity index (χ1v) is 6.02. The monoisotopic (exact) mass is 299 g/mol. The van der Waals surface area contributed by atoms with E-state index < -0.39 is 0 Å². The van der Waals surface area contributed by atoms with Crippen LogP contribution in [0.15, 0.2) is 28.8 Å². The highest BCUT2D eigenvalue weighted by Crippen LogP contribution is 2.35. The van der Waals surface area contributed by atoms with Crippen LogP contribution in [0.5, 0.6) is 0 Å². The lowest BCUT2D eigenvalue weighted by molar-refractivity contribution is 0.607. The van der Waals surface area contributed by atoms with Gasteiger partial charge < -0.3 is 4.42 Å². The van der Waals surface area contributed by atoms with Gasteiger partial charge in [-0.1, -0.05) is 29.3 Å². The SMILES string of the molecule is Clc1ncc2nc(-c3c(Cl)cccc3Cl)oc2n1. The molecule has 0 aliphatic heterocycles. The number of benzene rings is 1. The number of halogens is 3. The van der Waals surface area contributed by atoms with Crippen LogP contribution in [0, 0.1) is 0 Å². The minimum Gasteiger partial charge on any atom is -0.417 e. The Kier molecular flexibility index (Phi) is 2.86. The molecule has 2 aromatic heterocycles. The number of nitrogens with zero attached hydrogens (tertiary/aromatic N) is 3. The van der Waals surface area contributed by atoms with Crippen molar-refractivity contribution in [2.75, 3.05) is 0 Å². The fraction of sp³-hybridized carbons (Fsp3) is 0. The van der Waals surface area contributed by atoms with Gasteiger partial charge in [0.15, 0.2) is 0 Å². The van der Waals surface area contributed by atoms with Gasteiger partial charge >= 0.3 is 0 Å². The van der Waals surface area contributed by atoms with Gasteiger partial charge in [0.05, 0.1) is 21.8 Å². The molecular formula is C11H4Cl3N3O. The van der Waals surface area contributed by atoms with E-state index in [9.17, 15) is 0 Å². The van der Waals surface area contributed by atoms with Crippen LogP contribution in [0.2, 0.25) is 15.3 Å². The predicted octanol–water partition coefficient (Wildman–Crippen LogP) is 4.25. The molecule has 0 saturated heterocycles. The molecular weight excluding hydrogens is 296 g/mol. The Bertz CT molecular complexity index is 721. The molecule has 0 bridgehead atoms. The standard InChI is InChI=1S/C11H4Cl3N3O/c12-5-2-1-3-6(13)8(5)10-16-7-4-15-11(14)17-9(7)18-10/h1-4H. The van der Waals surface area contributed by atoms with Crippen LogP contribution in [-0.2, 0) is 0 Å². The summed E-state index contributed by atoms with van der Waals surface area (Å²) < 4.78 is 5.48. The first kappa shape index (κ1) is 11.7. The van der Waals surface area contributed by atoms with Gasteiger partial charge in [-0.15, -0.1) is 0 Å². The Morgan fingerprint density at radius 2 is 1.72 bits per heavy atom. The number of fused-ring (bicyclic) bond motifs is 1. The summed E-state index contributed by atoms with van der Waals surface area (Å²) in [5.41, 5.74) is 1.31. The van der Waals surface area contributed by atoms with Crippen molar-refractivity contribution in [1.82, 2.24) is 15.0 Å². The second kappa shape index (κ2) is 4.39. The maximum atomic E-state index is 6.08. The fourth-order valence-electron chi connectivity index (χ4n) is 1.52. The zero-order valence-electron chi connectivity index (χ0n) is 8.69. The summed E-state index contributed by atoms with van der Waals surface area (Å²) in [4.78, 5) is 12.0. The smallest absolute Gasteiger partial charge is 0.251 e. The van der Waals surface area contributed by atoms with Crippen LogP contribution in [0.25, 0.3) is 22.7 Å². The molecule has 0 aliphatic carbocycles. The van der Waals surface area contributed by atoms with E-state index in [4.69, 9.17) is 39.2 Å². The van der Waals surface area contributed by atoms with E-state index in [1.807, 2.05) is 0 Å². The minimum absolute atomic E-state index is 0.0930. The Hall–Kier alpha value is -1.36. The molecule has 0 unspecified atom stereocenters. The second-order valence-electron chi connectivity index (χ2n) is 3.45. The average Bonchev–Trinajstić information content (AvgIpc) is 2.71. The third-order valence-electron chi connectivity index (χ3n) is 2.30. The summed E-state index contributed by atoms with van der Waals surface area (Å²) in [6.45, 7) is 0. The number of aromatic nitrogens is 3. The highest BCUT2D eigenvalue weighted by molar-refractivity contribution is 6.38. The second-order valence-corrected chi connectivity index (χ2v) is 4.60. The van der Waals surface area contributed by atoms with E-state index in [2.05, 4.69) is 15.0 Å². The highest BCUT2D eigenvalue weighted by atomic mass is 35.5. The first-order chi connectivity index (χ1) is 8.65. The van der Waals surface area contributed by atoms with Crippen LogP contribution in [0.1, 0.15) is 0 Å². The Labute approximate surface area is 117 Å². The van der Waals surface area contributed by atoms with Crippen molar-refractivity contribution in [2.45, 2.75) is 0 Å². The minimum atomic E-state index is 0.0930. The zero-order valence-corrected chi connectivity index (χ0v) is 11.0. The number of rotatable bonds is 1. The summed E-state index contributed by atoms with van der Waals surface area (Å²) in [5, 5.41) is 0.997. The summed E-state index contributed by atoms with van der Waals surface area (Å²) in [6.07, 6.45) is 1.47. The molecule has 0 atom stereocenters. The molecule has 7 heteroatoms. The van der Waals surface area contributed by atoms with E-state index >= 15 is 0 Å². The summed E-state index contributed by atoms with van der Waals surface area (Å²) >= 11 is 17.8. The normalized spacial score (nSPS) is 11.1. The molecule has 0 amide bonds. The third-order valence-corrected chi connectivity index (χ3v) is 3.11. The predicted molar refractivity (Wildman–Crippen MR) is 70.1 cm³/mol. The molecule has 0 radical (unpaired) electrons. The lowest BCUT2D eigenvalue weighted by Gasteiger charge is -2.00. The molecule has 1 aromatic carbocycles. The van der Waals surface area contributed by atoms with E-state index in [1.54, 1.807) is 18.2 Å². The average molecular weight is 301 g/mol. The van der Waals surface area contributed by atoms with Gasteiger partial charge in [-0.3, -0.25) is 0 Å².